The van der Waals surface area contributed by atoms with Crippen LogP contribution in [0.4, 0.5) is 4.39 Å². The van der Waals surface area contributed by atoms with E-state index in [1.807, 2.05) is 6.92 Å². The van der Waals surface area contributed by atoms with Crippen molar-refractivity contribution in [1.82, 2.24) is 9.78 Å². The Morgan fingerprint density at radius 1 is 1.11 bits per heavy atom. The Labute approximate surface area is 162 Å². The van der Waals surface area contributed by atoms with Crippen LogP contribution in [0.15, 0.2) is 58.7 Å². The van der Waals surface area contributed by atoms with Crippen molar-refractivity contribution < 1.29 is 9.18 Å². The smallest absolute Gasteiger partial charge is 0.280 e. The van der Waals surface area contributed by atoms with Gasteiger partial charge in [-0.15, -0.1) is 11.3 Å². The number of ketones is 1. The summed E-state index contributed by atoms with van der Waals surface area (Å²) in [4.78, 5) is 26.8. The molecule has 2 aromatic heterocycles. The Hall–Kier alpha value is -2.83. The minimum atomic E-state index is -0.429. The summed E-state index contributed by atoms with van der Waals surface area (Å²) in [6.07, 6.45) is 0. The van der Waals surface area contributed by atoms with Gasteiger partial charge in [0.2, 0.25) is 5.78 Å². The molecule has 0 radical (unpaired) electrons. The molecule has 0 fully saturated rings. The zero-order valence-corrected chi connectivity index (χ0v) is 15.6. The van der Waals surface area contributed by atoms with E-state index in [2.05, 4.69) is 5.10 Å². The lowest BCUT2D eigenvalue weighted by Gasteiger charge is -2.09. The number of hydrogen-bond donors (Lipinski definition) is 0. The molecule has 0 unspecified atom stereocenters. The van der Waals surface area contributed by atoms with Crippen LogP contribution in [0.2, 0.25) is 5.02 Å². The highest BCUT2D eigenvalue weighted by atomic mass is 35.5. The molecule has 4 aromatic rings. The van der Waals surface area contributed by atoms with Crippen molar-refractivity contribution in [2.75, 3.05) is 0 Å². The van der Waals surface area contributed by atoms with E-state index in [9.17, 15) is 14.0 Å². The second-order valence-electron chi connectivity index (χ2n) is 5.96. The first-order valence-electron chi connectivity index (χ1n) is 8.03. The Morgan fingerprint density at radius 3 is 2.44 bits per heavy atom. The minimum Gasteiger partial charge on any atom is -0.287 e. The van der Waals surface area contributed by atoms with Gasteiger partial charge in [-0.05, 0) is 55.5 Å². The summed E-state index contributed by atoms with van der Waals surface area (Å²) in [5.41, 5.74) is 0.651. The molecule has 0 saturated heterocycles. The number of benzene rings is 2. The number of fused-ring (bicyclic) bond motifs is 1. The maximum atomic E-state index is 13.2. The highest BCUT2D eigenvalue weighted by Crippen LogP contribution is 2.26. The fourth-order valence-electron chi connectivity index (χ4n) is 2.86. The van der Waals surface area contributed by atoms with E-state index in [0.717, 1.165) is 4.88 Å². The van der Waals surface area contributed by atoms with E-state index < -0.39 is 5.82 Å². The highest BCUT2D eigenvalue weighted by molar-refractivity contribution is 7.11. The molecule has 2 heterocycles. The minimum absolute atomic E-state index is 0.149. The van der Waals surface area contributed by atoms with Gasteiger partial charge in [0, 0.05) is 26.2 Å². The third-order valence-electron chi connectivity index (χ3n) is 4.23. The standard InChI is InChI=1S/C20H12ClFN2O2S/c1-11-17-16(10-27-11)18(19(25)12-2-6-14(22)7-3-12)23-24(20(17)26)15-8-4-13(21)5-9-15/h2-10H,1H3. The van der Waals surface area contributed by atoms with Crippen molar-refractivity contribution in [3.8, 4) is 5.69 Å². The lowest BCUT2D eigenvalue weighted by atomic mass is 10.0. The fourth-order valence-corrected chi connectivity index (χ4v) is 3.83. The number of aryl methyl sites for hydroxylation is 1. The summed E-state index contributed by atoms with van der Waals surface area (Å²) in [7, 11) is 0. The van der Waals surface area contributed by atoms with Crippen LogP contribution in [-0.2, 0) is 0 Å². The first-order chi connectivity index (χ1) is 13.0. The normalized spacial score (nSPS) is 11.1. The number of carbonyl (C=O) groups excluding carboxylic acids is 1. The first kappa shape index (κ1) is 17.6. The Bertz CT molecular complexity index is 1230. The maximum Gasteiger partial charge on any atom is 0.280 e. The van der Waals surface area contributed by atoms with Crippen molar-refractivity contribution in [3.05, 3.63) is 91.2 Å². The number of thiophene rings is 1. The molecule has 0 spiro atoms. The average Bonchev–Trinajstić information content (AvgIpc) is 3.05. The van der Waals surface area contributed by atoms with Crippen molar-refractivity contribution in [2.45, 2.75) is 6.92 Å². The molecule has 7 heteroatoms. The van der Waals surface area contributed by atoms with Gasteiger partial charge in [-0.25, -0.2) is 4.39 Å². The predicted molar refractivity (Wildman–Crippen MR) is 105 cm³/mol. The van der Waals surface area contributed by atoms with Crippen molar-refractivity contribution in [3.63, 3.8) is 0 Å². The summed E-state index contributed by atoms with van der Waals surface area (Å²) in [6.45, 7) is 1.83. The second kappa shape index (κ2) is 6.72. The van der Waals surface area contributed by atoms with Crippen LogP contribution in [0.3, 0.4) is 0 Å². The molecular weight excluding hydrogens is 387 g/mol. The van der Waals surface area contributed by atoms with Gasteiger partial charge in [0.1, 0.15) is 11.5 Å². The second-order valence-corrected chi connectivity index (χ2v) is 7.48. The van der Waals surface area contributed by atoms with E-state index in [1.165, 1.54) is 40.3 Å². The van der Waals surface area contributed by atoms with Crippen molar-refractivity contribution in [1.29, 1.82) is 0 Å². The number of carbonyl (C=O) groups is 1. The number of nitrogens with zero attached hydrogens (tertiary/aromatic N) is 2. The van der Waals surface area contributed by atoms with Crippen LogP contribution in [0, 0.1) is 12.7 Å². The van der Waals surface area contributed by atoms with Gasteiger partial charge in [0.05, 0.1) is 11.1 Å². The molecule has 0 aliphatic heterocycles. The van der Waals surface area contributed by atoms with Crippen LogP contribution in [0.1, 0.15) is 20.9 Å². The van der Waals surface area contributed by atoms with E-state index >= 15 is 0 Å². The van der Waals surface area contributed by atoms with Gasteiger partial charge in [-0.2, -0.15) is 9.78 Å². The molecule has 134 valence electrons. The topological polar surface area (TPSA) is 52.0 Å². The van der Waals surface area contributed by atoms with Crippen molar-refractivity contribution in [2.24, 2.45) is 0 Å². The molecule has 27 heavy (non-hydrogen) atoms. The van der Waals surface area contributed by atoms with Crippen LogP contribution in [0.5, 0.6) is 0 Å². The zero-order chi connectivity index (χ0) is 19.1. The monoisotopic (exact) mass is 398 g/mol. The van der Waals surface area contributed by atoms with Crippen molar-refractivity contribution >= 4 is 39.5 Å². The summed E-state index contributed by atoms with van der Waals surface area (Å²) < 4.78 is 14.4. The fraction of sp³-hybridized carbons (Fsp3) is 0.0500. The first-order valence-corrected chi connectivity index (χ1v) is 9.29. The Balaban J connectivity index is 1.99. The molecule has 2 aromatic carbocycles. The molecule has 0 N–H and O–H groups in total. The zero-order valence-electron chi connectivity index (χ0n) is 14.1. The van der Waals surface area contributed by atoms with E-state index in [-0.39, 0.29) is 17.0 Å². The summed E-state index contributed by atoms with van der Waals surface area (Å²) in [6, 6.07) is 11.9. The Morgan fingerprint density at radius 2 is 1.78 bits per heavy atom. The SMILES string of the molecule is Cc1scc2c(C(=O)c3ccc(F)cc3)nn(-c3ccc(Cl)cc3)c(=O)c12. The molecule has 0 bridgehead atoms. The maximum absolute atomic E-state index is 13.2. The summed E-state index contributed by atoms with van der Waals surface area (Å²) in [5.74, 6) is -0.803. The number of halogens is 2. The van der Waals surface area contributed by atoms with Gasteiger partial charge in [0.15, 0.2) is 0 Å². The van der Waals surface area contributed by atoms with Crippen LogP contribution >= 0.6 is 22.9 Å². The molecule has 0 aliphatic carbocycles. The van der Waals surface area contributed by atoms with Crippen LogP contribution in [0.25, 0.3) is 16.5 Å². The number of hydrogen-bond acceptors (Lipinski definition) is 4. The lowest BCUT2D eigenvalue weighted by molar-refractivity contribution is 0.103. The molecule has 0 saturated carbocycles. The largest absolute Gasteiger partial charge is 0.287 e. The Kier molecular flexibility index (Phi) is 4.37. The third kappa shape index (κ3) is 3.07. The predicted octanol–water partition coefficient (Wildman–Crippen LogP) is 4.78. The number of rotatable bonds is 3. The summed E-state index contributed by atoms with van der Waals surface area (Å²) in [5, 5.41) is 7.57. The van der Waals surface area contributed by atoms with Crippen LogP contribution < -0.4 is 5.56 Å². The van der Waals surface area contributed by atoms with Crippen LogP contribution in [-0.4, -0.2) is 15.6 Å². The molecule has 0 atom stereocenters. The third-order valence-corrected chi connectivity index (χ3v) is 5.39. The molecule has 4 nitrogen and oxygen atoms in total. The van der Waals surface area contributed by atoms with E-state index in [4.69, 9.17) is 11.6 Å². The molecular formula is C20H12ClFN2O2S. The lowest BCUT2D eigenvalue weighted by Crippen LogP contribution is -2.24. The summed E-state index contributed by atoms with van der Waals surface area (Å²) >= 11 is 7.31. The average molecular weight is 399 g/mol. The molecule has 0 aliphatic rings. The number of aromatic nitrogens is 2. The molecule has 4 rings (SSSR count). The highest BCUT2D eigenvalue weighted by Gasteiger charge is 2.21. The van der Waals surface area contributed by atoms with E-state index in [0.29, 0.717) is 27.0 Å². The van der Waals surface area contributed by atoms with Gasteiger partial charge < -0.3 is 0 Å². The van der Waals surface area contributed by atoms with Gasteiger partial charge in [0.25, 0.3) is 5.56 Å². The quantitative estimate of drug-likeness (QED) is 0.467. The van der Waals surface area contributed by atoms with E-state index in [1.54, 1.807) is 29.6 Å². The van der Waals surface area contributed by atoms with Gasteiger partial charge in [-0.3, -0.25) is 9.59 Å². The van der Waals surface area contributed by atoms with Gasteiger partial charge in [-0.1, -0.05) is 11.6 Å². The van der Waals surface area contributed by atoms with Gasteiger partial charge >= 0.3 is 0 Å². The molecule has 0 amide bonds.